The molecule has 0 bridgehead atoms. The van der Waals surface area contributed by atoms with Crippen LogP contribution in [0, 0.1) is 0 Å². The van der Waals surface area contributed by atoms with Gasteiger partial charge in [0.2, 0.25) is 11.9 Å². The van der Waals surface area contributed by atoms with Gasteiger partial charge in [-0.2, -0.15) is 8.42 Å². The summed E-state index contributed by atoms with van der Waals surface area (Å²) in [5.74, 6) is 0.505. The van der Waals surface area contributed by atoms with E-state index >= 15 is 0 Å². The third-order valence-corrected chi connectivity index (χ3v) is 4.89. The maximum atomic E-state index is 12.5. The molecule has 0 fully saturated rings. The number of benzene rings is 1. The Labute approximate surface area is 149 Å². The molecule has 1 aromatic carbocycles. The van der Waals surface area contributed by atoms with E-state index < -0.39 is 35.8 Å². The first kappa shape index (κ1) is 21.7. The zero-order chi connectivity index (χ0) is 18.9. The van der Waals surface area contributed by atoms with Crippen molar-refractivity contribution in [3.8, 4) is 0 Å². The first-order valence-electron chi connectivity index (χ1n) is 7.71. The Morgan fingerprint density at radius 2 is 1.88 bits per heavy atom. The second-order valence-electron chi connectivity index (χ2n) is 5.20. The van der Waals surface area contributed by atoms with E-state index in [1.165, 1.54) is 5.80 Å². The van der Waals surface area contributed by atoms with Gasteiger partial charge in [0.25, 0.3) is 10.1 Å². The van der Waals surface area contributed by atoms with Crippen molar-refractivity contribution in [2.45, 2.75) is 25.9 Å². The quantitative estimate of drug-likeness (QED) is 0.334. The third-order valence-electron chi connectivity index (χ3n) is 3.08. The fourth-order valence-corrected chi connectivity index (χ4v) is 4.14. The Balaban J connectivity index is 3.20. The van der Waals surface area contributed by atoms with Crippen molar-refractivity contribution in [2.24, 2.45) is 0 Å². The number of carbonyl (C=O) groups is 1. The summed E-state index contributed by atoms with van der Waals surface area (Å²) in [6.45, 7) is 3.67. The molecule has 0 aliphatic carbocycles. The highest BCUT2D eigenvalue weighted by atomic mass is 32.2. The number of rotatable bonds is 10. The maximum absolute atomic E-state index is 12.5. The van der Waals surface area contributed by atoms with Gasteiger partial charge in [-0.15, -0.1) is 0 Å². The Morgan fingerprint density at radius 3 is 2.40 bits per heavy atom. The third kappa shape index (κ3) is 7.63. The molecule has 2 unspecified atom stereocenters. The number of carbonyl (C=O) groups excluding carboxylic acids is 1. The van der Waals surface area contributed by atoms with Crippen molar-refractivity contribution >= 4 is 29.7 Å². The Hall–Kier alpha value is -1.31. The molecule has 0 N–H and O–H groups in total. The number of hydrogen-bond donors (Lipinski definition) is 0. The van der Waals surface area contributed by atoms with Crippen LogP contribution >= 0.6 is 7.77 Å². The van der Waals surface area contributed by atoms with E-state index in [9.17, 15) is 18.1 Å². The van der Waals surface area contributed by atoms with Gasteiger partial charge in [0, 0.05) is 13.0 Å². The molecular formula is C16H23O7PS. The summed E-state index contributed by atoms with van der Waals surface area (Å²) < 4.78 is 37.4. The van der Waals surface area contributed by atoms with Gasteiger partial charge in [0.05, 0.1) is 20.6 Å². The van der Waals surface area contributed by atoms with Gasteiger partial charge in [-0.3, -0.25) is 0 Å². The van der Waals surface area contributed by atoms with Gasteiger partial charge in [-0.05, 0) is 19.4 Å². The van der Waals surface area contributed by atoms with Crippen LogP contribution in [0.4, 0.5) is 0 Å². The molecule has 140 valence electrons. The predicted octanol–water partition coefficient (Wildman–Crippen LogP) is 1.06. The van der Waals surface area contributed by atoms with Crippen molar-refractivity contribution in [1.82, 2.24) is 0 Å². The molecule has 0 aromatic heterocycles. The summed E-state index contributed by atoms with van der Waals surface area (Å²) in [6.07, 6.45) is 0.416. The average molecular weight is 390 g/mol. The highest BCUT2D eigenvalue weighted by Crippen LogP contribution is 2.25. The van der Waals surface area contributed by atoms with Crippen LogP contribution in [0.25, 0.3) is 0 Å². The molecule has 2 atom stereocenters. The lowest BCUT2D eigenvalue weighted by atomic mass is 9.96. The zero-order valence-electron chi connectivity index (χ0n) is 14.5. The average Bonchev–Trinajstić information content (AvgIpc) is 2.53. The van der Waals surface area contributed by atoms with Crippen LogP contribution < -0.4 is 4.89 Å². The largest absolute Gasteiger partial charge is 0.629 e. The minimum atomic E-state index is -3.74. The minimum Gasteiger partial charge on any atom is -0.629 e. The van der Waals surface area contributed by atoms with E-state index in [1.54, 1.807) is 26.0 Å². The molecule has 9 heteroatoms. The molecule has 0 heterocycles. The van der Waals surface area contributed by atoms with Crippen LogP contribution in [-0.2, 0) is 35.0 Å². The lowest BCUT2D eigenvalue weighted by molar-refractivity contribution is -0.164. The topological polar surface area (TPSA) is 102 Å². The highest BCUT2D eigenvalue weighted by Gasteiger charge is 2.42. The van der Waals surface area contributed by atoms with Crippen LogP contribution in [0.1, 0.15) is 19.4 Å². The molecule has 7 nitrogen and oxygen atoms in total. The van der Waals surface area contributed by atoms with Crippen LogP contribution in [0.5, 0.6) is 0 Å². The lowest BCUT2D eigenvalue weighted by Crippen LogP contribution is -2.47. The number of hydrogen-bond acceptors (Lipinski definition) is 7. The minimum absolute atomic E-state index is 0.112. The first-order valence-corrected chi connectivity index (χ1v) is 11.0. The standard InChI is InChI=1S/C16H23O7PS/c1-4-21-15(17)16(22-5-2,11-14-9-7-6-8-10-14)12-24(18)13-23-25(3,19)20/h6-10,12H,4-5,11,13H2,1-3H3. The van der Waals surface area contributed by atoms with Gasteiger partial charge in [-0.25, -0.2) is 8.98 Å². The zero-order valence-corrected chi connectivity index (χ0v) is 16.2. The molecule has 0 saturated heterocycles. The second-order valence-corrected chi connectivity index (χ2v) is 8.20. The van der Waals surface area contributed by atoms with Gasteiger partial charge in [-0.1, -0.05) is 30.3 Å². The summed E-state index contributed by atoms with van der Waals surface area (Å²) >= 11 is 0. The van der Waals surface area contributed by atoms with Gasteiger partial charge < -0.3 is 14.4 Å². The Morgan fingerprint density at radius 1 is 1.24 bits per heavy atom. The van der Waals surface area contributed by atoms with Crippen molar-refractivity contribution in [2.75, 3.05) is 25.8 Å². The number of ether oxygens (including phenoxy) is 2. The Kier molecular flexibility index (Phi) is 8.68. The molecule has 0 saturated carbocycles. The molecule has 0 spiro atoms. The van der Waals surface area contributed by atoms with Crippen molar-refractivity contribution in [1.29, 1.82) is 0 Å². The van der Waals surface area contributed by atoms with Gasteiger partial charge in [0.1, 0.15) is 5.80 Å². The van der Waals surface area contributed by atoms with E-state index in [2.05, 4.69) is 4.18 Å². The molecule has 0 amide bonds. The van der Waals surface area contributed by atoms with E-state index in [0.717, 1.165) is 11.8 Å². The van der Waals surface area contributed by atoms with Gasteiger partial charge in [0.15, 0.2) is 0 Å². The van der Waals surface area contributed by atoms with Crippen molar-refractivity contribution in [3.05, 3.63) is 35.9 Å². The molecule has 0 aliphatic rings. The monoisotopic (exact) mass is 390 g/mol. The van der Waals surface area contributed by atoms with Crippen LogP contribution in [0.3, 0.4) is 0 Å². The smallest absolute Gasteiger partial charge is 0.346 e. The molecule has 1 aromatic rings. The highest BCUT2D eigenvalue weighted by molar-refractivity contribution is 7.86. The lowest BCUT2D eigenvalue weighted by Gasteiger charge is -2.26. The fourth-order valence-electron chi connectivity index (χ4n) is 2.15. The predicted molar refractivity (Wildman–Crippen MR) is 94.9 cm³/mol. The summed E-state index contributed by atoms with van der Waals surface area (Å²) in [5, 5.41) is 0. The maximum Gasteiger partial charge on any atom is 0.346 e. The molecule has 25 heavy (non-hydrogen) atoms. The SMILES string of the molecule is CCOC(=O)C(C=[P+]([O-])COS(C)(=O)=O)(Cc1ccccc1)OCC. The normalized spacial score (nSPS) is 14.8. The molecule has 0 radical (unpaired) electrons. The van der Waals surface area contributed by atoms with E-state index in [-0.39, 0.29) is 19.6 Å². The van der Waals surface area contributed by atoms with E-state index in [4.69, 9.17) is 9.47 Å². The van der Waals surface area contributed by atoms with E-state index in [0.29, 0.717) is 0 Å². The second kappa shape index (κ2) is 9.99. The first-order chi connectivity index (χ1) is 11.7. The van der Waals surface area contributed by atoms with E-state index in [1.807, 2.05) is 18.2 Å². The summed E-state index contributed by atoms with van der Waals surface area (Å²) in [5.41, 5.74) is -0.798. The fraction of sp³-hybridized carbons (Fsp3) is 0.500. The molecule has 0 aliphatic heterocycles. The van der Waals surface area contributed by atoms with Crippen LogP contribution in [0.2, 0.25) is 0 Å². The van der Waals surface area contributed by atoms with Crippen LogP contribution in [-0.4, -0.2) is 51.6 Å². The molecular weight excluding hydrogens is 367 g/mol. The number of esters is 1. The molecule has 1 rings (SSSR count). The van der Waals surface area contributed by atoms with Crippen molar-refractivity contribution in [3.63, 3.8) is 0 Å². The summed E-state index contributed by atoms with van der Waals surface area (Å²) in [7, 11) is -6.02. The van der Waals surface area contributed by atoms with Crippen molar-refractivity contribution < 1.29 is 31.8 Å². The van der Waals surface area contributed by atoms with Crippen LogP contribution in [0.15, 0.2) is 30.3 Å². The summed E-state index contributed by atoms with van der Waals surface area (Å²) in [4.78, 5) is 24.8. The Bertz CT molecular complexity index is 688. The van der Waals surface area contributed by atoms with Gasteiger partial charge >= 0.3 is 5.97 Å². The summed E-state index contributed by atoms with van der Waals surface area (Å²) in [6, 6.07) is 9.07.